The van der Waals surface area contributed by atoms with Crippen molar-refractivity contribution in [3.8, 4) is 5.75 Å². The first kappa shape index (κ1) is 14.8. The summed E-state index contributed by atoms with van der Waals surface area (Å²) in [6, 6.07) is 5.98. The highest BCUT2D eigenvalue weighted by atomic mass is 19.1. The molecule has 1 unspecified atom stereocenters. The molecule has 1 N–H and O–H groups in total. The molecule has 0 aliphatic carbocycles. The maximum Gasteiger partial charge on any atom is 0.260 e. The molecule has 0 radical (unpaired) electrons. The monoisotopic (exact) mass is 281 g/mol. The lowest BCUT2D eigenvalue weighted by Gasteiger charge is -2.24. The van der Waals surface area contributed by atoms with Crippen molar-refractivity contribution in [1.82, 2.24) is 4.90 Å². The van der Waals surface area contributed by atoms with Crippen LogP contribution in [0.1, 0.15) is 25.7 Å². The van der Waals surface area contributed by atoms with E-state index in [2.05, 4.69) is 0 Å². The lowest BCUT2D eigenvalue weighted by Crippen LogP contribution is -2.38. The summed E-state index contributed by atoms with van der Waals surface area (Å²) < 4.78 is 18.3. The van der Waals surface area contributed by atoms with Crippen LogP contribution in [0, 0.1) is 5.82 Å². The summed E-state index contributed by atoms with van der Waals surface area (Å²) in [4.78, 5) is 13.9. The predicted molar refractivity (Wildman–Crippen MR) is 72.9 cm³/mol. The minimum atomic E-state index is -0.378. The quantitative estimate of drug-likeness (QED) is 0.867. The highest BCUT2D eigenvalue weighted by Gasteiger charge is 2.28. The Labute approximate surface area is 118 Å². The van der Waals surface area contributed by atoms with Crippen LogP contribution in [0.2, 0.25) is 0 Å². The lowest BCUT2D eigenvalue weighted by molar-refractivity contribution is -0.134. The summed E-state index contributed by atoms with van der Waals surface area (Å²) in [6.45, 7) is 0.818. The van der Waals surface area contributed by atoms with Gasteiger partial charge in [-0.05, 0) is 37.8 Å². The third kappa shape index (κ3) is 3.93. The summed E-state index contributed by atoms with van der Waals surface area (Å²) in [5.41, 5.74) is 0. The number of likely N-dealkylation sites (tertiary alicyclic amines) is 1. The normalized spacial score (nSPS) is 18.3. The van der Waals surface area contributed by atoms with Crippen LogP contribution in [-0.4, -0.2) is 41.7 Å². The van der Waals surface area contributed by atoms with E-state index in [1.807, 2.05) is 4.90 Å². The van der Waals surface area contributed by atoms with Crippen molar-refractivity contribution in [3.63, 3.8) is 0 Å². The van der Waals surface area contributed by atoms with Gasteiger partial charge >= 0.3 is 0 Å². The van der Waals surface area contributed by atoms with Crippen LogP contribution in [0.4, 0.5) is 4.39 Å². The zero-order valence-corrected chi connectivity index (χ0v) is 11.4. The van der Waals surface area contributed by atoms with E-state index in [1.165, 1.54) is 12.1 Å². The number of carbonyl (C=O) groups is 1. The number of aliphatic hydroxyl groups excluding tert-OH is 1. The molecule has 1 aliphatic rings. The minimum Gasteiger partial charge on any atom is -0.484 e. The fraction of sp³-hybridized carbons (Fsp3) is 0.533. The Hall–Kier alpha value is -1.62. The number of carbonyl (C=O) groups excluding carboxylic acids is 1. The second kappa shape index (κ2) is 7.24. The van der Waals surface area contributed by atoms with Crippen molar-refractivity contribution in [2.75, 3.05) is 19.8 Å². The van der Waals surface area contributed by atoms with E-state index in [9.17, 15) is 9.18 Å². The molecule has 1 fully saturated rings. The maximum atomic E-state index is 13.0. The first-order valence-corrected chi connectivity index (χ1v) is 6.99. The van der Waals surface area contributed by atoms with Crippen molar-refractivity contribution in [1.29, 1.82) is 0 Å². The molecule has 0 aromatic heterocycles. The molecule has 1 aliphatic heterocycles. The van der Waals surface area contributed by atoms with E-state index < -0.39 is 0 Å². The van der Waals surface area contributed by atoms with Crippen LogP contribution in [0.25, 0.3) is 0 Å². The maximum absolute atomic E-state index is 13.0. The van der Waals surface area contributed by atoms with E-state index in [0.29, 0.717) is 12.2 Å². The van der Waals surface area contributed by atoms with Gasteiger partial charge in [-0.25, -0.2) is 4.39 Å². The summed E-state index contributed by atoms with van der Waals surface area (Å²) in [5.74, 6) is -0.0869. The Balaban J connectivity index is 1.84. The Kier molecular flexibility index (Phi) is 5.35. The second-order valence-electron chi connectivity index (χ2n) is 5.00. The van der Waals surface area contributed by atoms with Crippen molar-refractivity contribution >= 4 is 5.91 Å². The van der Waals surface area contributed by atoms with Crippen molar-refractivity contribution in [3.05, 3.63) is 30.1 Å². The fourth-order valence-electron chi connectivity index (χ4n) is 2.58. The Morgan fingerprint density at radius 3 is 3.10 bits per heavy atom. The Bertz CT molecular complexity index is 452. The predicted octanol–water partition coefficient (Wildman–Crippen LogP) is 1.97. The number of nitrogens with zero attached hydrogens (tertiary/aromatic N) is 1. The molecule has 1 saturated heterocycles. The first-order valence-electron chi connectivity index (χ1n) is 6.99. The summed E-state index contributed by atoms with van der Waals surface area (Å²) >= 11 is 0. The number of hydrogen-bond donors (Lipinski definition) is 1. The molecule has 2 rings (SSSR count). The van der Waals surface area contributed by atoms with E-state index in [0.717, 1.165) is 25.8 Å². The molecular formula is C15H20FNO3. The third-order valence-corrected chi connectivity index (χ3v) is 3.55. The summed E-state index contributed by atoms with van der Waals surface area (Å²) in [5, 5.41) is 8.87. The van der Waals surface area contributed by atoms with Gasteiger partial charge in [-0.2, -0.15) is 0 Å². The summed E-state index contributed by atoms with van der Waals surface area (Å²) in [6.07, 6.45) is 3.49. The largest absolute Gasteiger partial charge is 0.484 e. The molecule has 1 aromatic carbocycles. The number of benzene rings is 1. The highest BCUT2D eigenvalue weighted by Crippen LogP contribution is 2.21. The van der Waals surface area contributed by atoms with Crippen LogP contribution in [-0.2, 0) is 4.79 Å². The number of ether oxygens (including phenoxy) is 1. The number of amides is 1. The van der Waals surface area contributed by atoms with Gasteiger partial charge in [-0.15, -0.1) is 0 Å². The molecular weight excluding hydrogens is 261 g/mol. The minimum absolute atomic E-state index is 0.0704. The van der Waals surface area contributed by atoms with E-state index >= 15 is 0 Å². The van der Waals surface area contributed by atoms with Crippen LogP contribution in [0.15, 0.2) is 24.3 Å². The van der Waals surface area contributed by atoms with Crippen molar-refractivity contribution in [2.24, 2.45) is 0 Å². The number of hydrogen-bond acceptors (Lipinski definition) is 3. The molecule has 0 spiro atoms. The standard InChI is InChI=1S/C15H20FNO3/c16-12-4-1-7-14(10-12)20-11-15(19)17-8-2-5-13(17)6-3-9-18/h1,4,7,10,13,18H,2-3,5-6,8-9,11H2. The van der Waals surface area contributed by atoms with Crippen LogP contribution < -0.4 is 4.74 Å². The van der Waals surface area contributed by atoms with Gasteiger partial charge in [-0.3, -0.25) is 4.79 Å². The fourth-order valence-corrected chi connectivity index (χ4v) is 2.58. The topological polar surface area (TPSA) is 49.8 Å². The number of halogens is 1. The molecule has 1 atom stereocenters. The van der Waals surface area contributed by atoms with E-state index in [1.54, 1.807) is 12.1 Å². The van der Waals surface area contributed by atoms with E-state index in [4.69, 9.17) is 9.84 Å². The average Bonchev–Trinajstić information content (AvgIpc) is 2.91. The SMILES string of the molecule is O=C(COc1cccc(F)c1)N1CCCC1CCCO. The van der Waals surface area contributed by atoms with E-state index in [-0.39, 0.29) is 31.0 Å². The number of rotatable bonds is 6. The summed E-state index contributed by atoms with van der Waals surface area (Å²) in [7, 11) is 0. The third-order valence-electron chi connectivity index (χ3n) is 3.55. The van der Waals surface area contributed by atoms with Crippen LogP contribution in [0.5, 0.6) is 5.75 Å². The Morgan fingerprint density at radius 1 is 1.50 bits per heavy atom. The van der Waals surface area contributed by atoms with Crippen molar-refractivity contribution < 1.29 is 19.0 Å². The van der Waals surface area contributed by atoms with Gasteiger partial charge in [0.2, 0.25) is 0 Å². The zero-order valence-electron chi connectivity index (χ0n) is 11.4. The molecule has 110 valence electrons. The molecule has 20 heavy (non-hydrogen) atoms. The van der Waals surface area contributed by atoms with Gasteiger partial charge in [0.25, 0.3) is 5.91 Å². The van der Waals surface area contributed by atoms with Gasteiger partial charge in [-0.1, -0.05) is 6.07 Å². The molecule has 1 heterocycles. The average molecular weight is 281 g/mol. The molecule has 4 nitrogen and oxygen atoms in total. The lowest BCUT2D eigenvalue weighted by atomic mass is 10.1. The van der Waals surface area contributed by atoms with Gasteiger partial charge in [0.05, 0.1) is 0 Å². The Morgan fingerprint density at radius 2 is 2.35 bits per heavy atom. The van der Waals surface area contributed by atoms with Crippen LogP contribution >= 0.6 is 0 Å². The molecule has 0 bridgehead atoms. The molecule has 1 amide bonds. The van der Waals surface area contributed by atoms with Gasteiger partial charge in [0.1, 0.15) is 11.6 Å². The molecule has 0 saturated carbocycles. The van der Waals surface area contributed by atoms with Gasteiger partial charge in [0.15, 0.2) is 6.61 Å². The van der Waals surface area contributed by atoms with Gasteiger partial charge in [0, 0.05) is 25.3 Å². The zero-order chi connectivity index (χ0) is 14.4. The second-order valence-corrected chi connectivity index (χ2v) is 5.00. The first-order chi connectivity index (χ1) is 9.70. The molecule has 1 aromatic rings. The smallest absolute Gasteiger partial charge is 0.260 e. The molecule has 5 heteroatoms. The van der Waals surface area contributed by atoms with Crippen LogP contribution in [0.3, 0.4) is 0 Å². The van der Waals surface area contributed by atoms with Crippen molar-refractivity contribution in [2.45, 2.75) is 31.7 Å². The van der Waals surface area contributed by atoms with Gasteiger partial charge < -0.3 is 14.7 Å². The number of aliphatic hydroxyl groups is 1. The highest BCUT2D eigenvalue weighted by molar-refractivity contribution is 5.78.